The van der Waals surface area contributed by atoms with Crippen LogP contribution in [-0.2, 0) is 0 Å². The predicted octanol–water partition coefficient (Wildman–Crippen LogP) is 28.6. The summed E-state index contributed by atoms with van der Waals surface area (Å²) < 4.78 is 5.30. The number of hydrogen-bond donors (Lipinski definition) is 0. The molecule has 0 saturated carbocycles. The van der Waals surface area contributed by atoms with Crippen molar-refractivity contribution in [1.29, 1.82) is 0 Å². The molecule has 0 aliphatic rings. The Balaban J connectivity index is 0.900. The van der Waals surface area contributed by atoms with Gasteiger partial charge in [0.25, 0.3) is 0 Å². The highest BCUT2D eigenvalue weighted by Crippen LogP contribution is 2.62. The van der Waals surface area contributed by atoms with E-state index in [1.807, 2.05) is 113 Å². The third-order valence-electron chi connectivity index (χ3n) is 19.0. The topological polar surface area (TPSA) is 8.82 Å². The average Bonchev–Trinajstić information content (AvgIpc) is 1.52. The highest BCUT2D eigenvalue weighted by atomic mass is 32.1. The average molecular weight is 1380 g/mol. The van der Waals surface area contributed by atoms with Crippen molar-refractivity contribution in [2.24, 2.45) is 0 Å². The van der Waals surface area contributed by atoms with Crippen LogP contribution in [0, 0.1) is 0 Å². The fraction of sp³-hybridized carbons (Fsp3) is 0. The lowest BCUT2D eigenvalue weighted by molar-refractivity contribution is 1.37. The minimum atomic E-state index is 1.21. The summed E-state index contributed by atoms with van der Waals surface area (Å²) in [5, 5.41) is 32.8. The summed E-state index contributed by atoms with van der Waals surface area (Å²) in [7, 11) is 0. The van der Waals surface area contributed by atoms with Crippen molar-refractivity contribution in [3.8, 4) is 127 Å². The quantitative estimate of drug-likeness (QED) is 0.115. The third kappa shape index (κ3) is 7.74. The molecule has 12 heteroatoms. The van der Waals surface area contributed by atoms with Crippen LogP contribution in [0.5, 0.6) is 0 Å². The number of hydrogen-bond acceptors (Lipinski definition) is 10. The van der Waals surface area contributed by atoms with E-state index in [-0.39, 0.29) is 0 Å². The van der Waals surface area contributed by atoms with Gasteiger partial charge in [-0.3, -0.25) is 0 Å². The van der Waals surface area contributed by atoms with Gasteiger partial charge in [0.05, 0.1) is 33.1 Å². The van der Waals surface area contributed by atoms with Crippen molar-refractivity contribution in [2.45, 2.75) is 0 Å². The first-order valence-corrected chi connectivity index (χ1v) is 39.7. The van der Waals surface area contributed by atoms with Crippen LogP contribution in [0.2, 0.25) is 0 Å². The fourth-order valence-corrected chi connectivity index (χ4v) is 23.5. The number of aromatic nitrogens is 2. The zero-order valence-corrected chi connectivity index (χ0v) is 57.5. The van der Waals surface area contributed by atoms with E-state index >= 15 is 0 Å². The number of fused-ring (bicyclic) bond motifs is 14. The van der Waals surface area contributed by atoms with E-state index in [1.54, 1.807) is 0 Å². The molecule has 21 rings (SSSR count). The van der Waals surface area contributed by atoms with E-state index in [2.05, 4.69) is 269 Å². The van der Waals surface area contributed by atoms with Gasteiger partial charge in [-0.15, -0.1) is 113 Å². The van der Waals surface area contributed by atoms with Crippen LogP contribution >= 0.6 is 113 Å². The second-order valence-corrected chi connectivity index (χ2v) is 33.1. The van der Waals surface area contributed by atoms with Gasteiger partial charge in [0.2, 0.25) is 0 Å². The van der Waals surface area contributed by atoms with Gasteiger partial charge in [-0.1, -0.05) is 121 Å². The van der Waals surface area contributed by atoms with Gasteiger partial charge in [-0.2, -0.15) is 0 Å². The predicted molar refractivity (Wildman–Crippen MR) is 420 cm³/mol. The maximum absolute atomic E-state index is 2.65. The SMILES string of the molecule is c1csc(-c2c(-c3ccc4c5c6c7ccccc7n7c8cc(-c9c(-c%10cccs%10)c(-c%10cccs%10)c(-c%10cccs%10)c(-c%10cccs%10)c9-c9cccs9)ccc8c(c8c9ccccc9n(c4c3)c85)c67)c(-c3cccs3)c(-c3cccs3)c(-c3cccs3)c2-c2cccs2)c1. The summed E-state index contributed by atoms with van der Waals surface area (Å²) >= 11 is 18.4. The summed E-state index contributed by atoms with van der Waals surface area (Å²) in [5.74, 6) is 0. The van der Waals surface area contributed by atoms with Gasteiger partial charge in [0, 0.05) is 159 Å². The molecule has 442 valence electrons. The second-order valence-electron chi connectivity index (χ2n) is 23.6. The van der Waals surface area contributed by atoms with Crippen molar-refractivity contribution in [2.75, 3.05) is 0 Å². The van der Waals surface area contributed by atoms with Crippen molar-refractivity contribution in [1.82, 2.24) is 8.80 Å². The molecule has 0 radical (unpaired) electrons. The Bertz CT molecular complexity index is 5810. The van der Waals surface area contributed by atoms with E-state index in [1.165, 1.54) is 203 Å². The van der Waals surface area contributed by atoms with Crippen LogP contribution in [0.25, 0.3) is 203 Å². The molecule has 0 unspecified atom stereocenters. The maximum atomic E-state index is 2.65. The van der Waals surface area contributed by atoms with Crippen LogP contribution in [0.4, 0.5) is 0 Å². The van der Waals surface area contributed by atoms with Gasteiger partial charge >= 0.3 is 0 Å². The van der Waals surface area contributed by atoms with Gasteiger partial charge in [-0.05, 0) is 150 Å². The van der Waals surface area contributed by atoms with Crippen molar-refractivity contribution >= 4 is 190 Å². The highest BCUT2D eigenvalue weighted by molar-refractivity contribution is 7.18. The minimum absolute atomic E-state index is 1.21. The molecule has 0 saturated heterocycles. The highest BCUT2D eigenvalue weighted by Gasteiger charge is 2.36. The Morgan fingerprint density at radius 1 is 0.181 bits per heavy atom. The molecule has 0 atom stereocenters. The van der Waals surface area contributed by atoms with Crippen LogP contribution < -0.4 is 0 Å². The van der Waals surface area contributed by atoms with Gasteiger partial charge in [0.15, 0.2) is 0 Å². The van der Waals surface area contributed by atoms with E-state index in [4.69, 9.17) is 0 Å². The zero-order valence-electron chi connectivity index (χ0n) is 49.4. The van der Waals surface area contributed by atoms with Gasteiger partial charge in [-0.25, -0.2) is 0 Å². The van der Waals surface area contributed by atoms with Gasteiger partial charge in [0.1, 0.15) is 0 Å². The molecule has 94 heavy (non-hydrogen) atoms. The van der Waals surface area contributed by atoms with E-state index in [0.29, 0.717) is 0 Å². The third-order valence-corrected chi connectivity index (χ3v) is 27.9. The number of benzene rings is 7. The fourth-order valence-electron chi connectivity index (χ4n) is 15.6. The Labute approximate surface area is 579 Å². The van der Waals surface area contributed by atoms with E-state index in [9.17, 15) is 0 Å². The molecule has 0 spiro atoms. The molecule has 7 aromatic carbocycles. The Morgan fingerprint density at radius 3 is 0.617 bits per heavy atom. The molecular weight excluding hydrogens is 1330 g/mol. The molecule has 14 aromatic heterocycles. The zero-order chi connectivity index (χ0) is 61.3. The summed E-state index contributed by atoms with van der Waals surface area (Å²) in [5.41, 5.74) is 25.3. The lowest BCUT2D eigenvalue weighted by Crippen LogP contribution is -1.99. The standard InChI is InChI=1S/C82H44N2S10/c1-3-17-51-47(15-1)67-69-49-31-29-46(66-73(57-21-7-35-87-57)77(61-25-11-39-91-61)80(64-28-14-42-94-64)78(62-26-12-40-92-62)74(66)58-22-8-36-88-58)44-54(49)84-52-18-4-2-16-48(52)68(82(69)84)70-50-32-30-45(43-53(50)83(51)81(67)70)65-71(55-19-5-33-85-55)75(59-23-9-37-89-59)79(63-27-13-41-93-63)76(60-24-10-38-90-60)72(65)56-20-6-34-86-56/h1-44H. The number of rotatable bonds is 12. The normalized spacial score (nSPS) is 12.3. The number of nitrogens with zero attached hydrogens (tertiary/aromatic N) is 2. The van der Waals surface area contributed by atoms with Crippen molar-refractivity contribution in [3.05, 3.63) is 260 Å². The minimum Gasteiger partial charge on any atom is -0.308 e. The number of para-hydroxylation sites is 2. The van der Waals surface area contributed by atoms with E-state index in [0.717, 1.165) is 0 Å². The molecule has 0 fully saturated rings. The van der Waals surface area contributed by atoms with Crippen LogP contribution in [-0.4, -0.2) is 8.80 Å². The summed E-state index contributed by atoms with van der Waals surface area (Å²) in [6.07, 6.45) is 0. The lowest BCUT2D eigenvalue weighted by atomic mass is 9.80. The smallest absolute Gasteiger partial charge is 0.0634 e. The van der Waals surface area contributed by atoms with Crippen molar-refractivity contribution < 1.29 is 0 Å². The Hall–Kier alpha value is -8.86. The van der Waals surface area contributed by atoms with Gasteiger partial charge < -0.3 is 8.80 Å². The van der Waals surface area contributed by atoms with Crippen molar-refractivity contribution in [3.63, 3.8) is 0 Å². The first-order valence-electron chi connectivity index (χ1n) is 30.9. The van der Waals surface area contributed by atoms with Crippen LogP contribution in [0.15, 0.2) is 260 Å². The molecule has 0 aliphatic heterocycles. The Morgan fingerprint density at radius 2 is 0.394 bits per heavy atom. The Kier molecular flexibility index (Phi) is 12.4. The first-order chi connectivity index (χ1) is 46.7. The molecule has 0 N–H and O–H groups in total. The molecule has 0 amide bonds. The second kappa shape index (κ2) is 21.3. The monoisotopic (exact) mass is 1380 g/mol. The molecule has 0 aliphatic carbocycles. The summed E-state index contributed by atoms with van der Waals surface area (Å²) in [6.45, 7) is 0. The molecule has 2 nitrogen and oxygen atoms in total. The molecule has 14 heterocycles. The molecule has 21 aromatic rings. The van der Waals surface area contributed by atoms with E-state index < -0.39 is 0 Å². The lowest BCUT2D eigenvalue weighted by Gasteiger charge is -2.26. The number of thiophene rings is 10. The summed E-state index contributed by atoms with van der Waals surface area (Å²) in [4.78, 5) is 12.7. The van der Waals surface area contributed by atoms with Crippen LogP contribution in [0.3, 0.4) is 0 Å². The first kappa shape index (κ1) is 54.5. The maximum Gasteiger partial charge on any atom is 0.0634 e. The largest absolute Gasteiger partial charge is 0.308 e. The molecule has 0 bridgehead atoms. The molecular formula is C82H44N2S10. The van der Waals surface area contributed by atoms with Crippen LogP contribution in [0.1, 0.15) is 0 Å². The summed E-state index contributed by atoms with van der Waals surface area (Å²) in [6, 6.07) is 79.2.